The number of ether oxygens (including phenoxy) is 2. The van der Waals surface area contributed by atoms with E-state index in [2.05, 4.69) is 23.3 Å². The summed E-state index contributed by atoms with van der Waals surface area (Å²) in [6.07, 6.45) is 3.43. The maximum Gasteiger partial charge on any atom is 0.305 e. The predicted molar refractivity (Wildman–Crippen MR) is 154 cm³/mol. The Morgan fingerprint density at radius 3 is 2.42 bits per heavy atom. The van der Waals surface area contributed by atoms with Crippen molar-refractivity contribution >= 4 is 27.6 Å². The van der Waals surface area contributed by atoms with Gasteiger partial charge >= 0.3 is 5.97 Å². The van der Waals surface area contributed by atoms with E-state index in [1.54, 1.807) is 12.1 Å². The van der Waals surface area contributed by atoms with E-state index in [9.17, 15) is 18.0 Å². The molecular weight excluding hydrogens is 530 g/mol. The lowest BCUT2D eigenvalue weighted by Crippen LogP contribution is -2.53. The molecule has 2 aromatic rings. The number of carbonyl (C=O) groups excluding carboxylic acids is 2. The van der Waals surface area contributed by atoms with Crippen LogP contribution in [0.4, 0.5) is 5.69 Å². The van der Waals surface area contributed by atoms with Crippen LogP contribution in [0.15, 0.2) is 47.4 Å². The first-order valence-corrected chi connectivity index (χ1v) is 15.5. The lowest BCUT2D eigenvalue weighted by molar-refractivity contribution is -0.147. The fraction of sp³-hybridized carbons (Fsp3) is 0.533. The number of aryl methyl sites for hydroxylation is 1. The van der Waals surface area contributed by atoms with Crippen molar-refractivity contribution in [2.45, 2.75) is 69.4 Å². The molecule has 1 atom stereocenters. The molecule has 1 saturated heterocycles. The van der Waals surface area contributed by atoms with E-state index < -0.39 is 10.0 Å². The Balaban J connectivity index is 1.34. The van der Waals surface area contributed by atoms with Gasteiger partial charge in [0.05, 0.1) is 31.3 Å². The van der Waals surface area contributed by atoms with Crippen LogP contribution < -0.4 is 10.5 Å². The topological polar surface area (TPSA) is 128 Å². The van der Waals surface area contributed by atoms with Gasteiger partial charge in [-0.15, -0.1) is 0 Å². The normalized spacial score (nSPS) is 21.8. The molecular formula is C30H41N3O6S. The highest BCUT2D eigenvalue weighted by Gasteiger charge is 2.36. The van der Waals surface area contributed by atoms with E-state index >= 15 is 0 Å². The van der Waals surface area contributed by atoms with Crippen molar-refractivity contribution in [1.82, 2.24) is 9.62 Å². The van der Waals surface area contributed by atoms with E-state index in [0.717, 1.165) is 16.7 Å². The van der Waals surface area contributed by atoms with Crippen molar-refractivity contribution in [3.8, 4) is 11.1 Å². The number of benzene rings is 2. The molecule has 0 unspecified atom stereocenters. The summed E-state index contributed by atoms with van der Waals surface area (Å²) in [6, 6.07) is 12.3. The van der Waals surface area contributed by atoms with E-state index in [-0.39, 0.29) is 34.8 Å². The molecule has 0 radical (unpaired) electrons. The van der Waals surface area contributed by atoms with Gasteiger partial charge in [-0.3, -0.25) is 9.59 Å². The summed E-state index contributed by atoms with van der Waals surface area (Å²) in [5, 5.41) is 0. The molecule has 9 nitrogen and oxygen atoms in total. The van der Waals surface area contributed by atoms with Gasteiger partial charge < -0.3 is 20.1 Å². The number of anilines is 1. The molecule has 4 rings (SSSR count). The van der Waals surface area contributed by atoms with Crippen LogP contribution >= 0.6 is 0 Å². The Hall–Kier alpha value is -2.95. The molecule has 2 aliphatic rings. The minimum absolute atomic E-state index is 0.0816. The summed E-state index contributed by atoms with van der Waals surface area (Å²) in [5.74, 6) is 0.154. The fourth-order valence-electron chi connectivity index (χ4n) is 5.60. The van der Waals surface area contributed by atoms with Crippen LogP contribution in [-0.2, 0) is 35.5 Å². The van der Waals surface area contributed by atoms with Crippen LogP contribution in [0.2, 0.25) is 0 Å². The number of esters is 1. The predicted octanol–water partition coefficient (Wildman–Crippen LogP) is 3.76. The van der Waals surface area contributed by atoms with Gasteiger partial charge in [-0.05, 0) is 61.3 Å². The summed E-state index contributed by atoms with van der Waals surface area (Å²) in [4.78, 5) is 26.7. The molecule has 1 amide bonds. The molecule has 10 heteroatoms. The number of hydrogen-bond donors (Lipinski definition) is 2. The molecule has 40 heavy (non-hydrogen) atoms. The maximum absolute atomic E-state index is 13.3. The highest BCUT2D eigenvalue weighted by Crippen LogP contribution is 2.31. The average Bonchev–Trinajstić information content (AvgIpc) is 2.96. The zero-order chi connectivity index (χ0) is 28.9. The molecule has 0 spiro atoms. The number of nitrogens with two attached hydrogens (primary N) is 1. The summed E-state index contributed by atoms with van der Waals surface area (Å²) in [7, 11) is -2.40. The number of hydrogen-bond acceptors (Lipinski definition) is 7. The van der Waals surface area contributed by atoms with Gasteiger partial charge in [-0.25, -0.2) is 13.1 Å². The Labute approximate surface area is 237 Å². The van der Waals surface area contributed by atoms with Crippen LogP contribution in [-0.4, -0.2) is 64.1 Å². The van der Waals surface area contributed by atoms with Gasteiger partial charge in [-0.1, -0.05) is 44.2 Å². The van der Waals surface area contributed by atoms with Crippen molar-refractivity contribution in [2.24, 2.45) is 11.8 Å². The standard InChI is InChI=1S/C30H41N3O6S/c1-20(2)28-19-39-17-16-33(28)30(35)23-9-11-24(12-10-23)32-40(36,37)25-13-14-26(27(31)18-25)22-7-4-21(5-8-22)6-15-29(34)38-3/h4-5,7-8,13-14,18,20,23-24,28,32H,6,9-12,15-17,19,31H2,1-3H3/t23-,24-,28-/m1/s1. The molecule has 1 aliphatic heterocycles. The molecule has 1 heterocycles. The lowest BCUT2D eigenvalue weighted by atomic mass is 9.85. The van der Waals surface area contributed by atoms with Crippen LogP contribution in [0.5, 0.6) is 0 Å². The fourth-order valence-corrected chi connectivity index (χ4v) is 6.94. The Bertz CT molecular complexity index is 1290. The molecule has 218 valence electrons. The monoisotopic (exact) mass is 571 g/mol. The van der Waals surface area contributed by atoms with Crippen molar-refractivity contribution in [3.63, 3.8) is 0 Å². The molecule has 1 aliphatic carbocycles. The molecule has 2 aromatic carbocycles. The van der Waals surface area contributed by atoms with Gasteiger partial charge in [0.2, 0.25) is 15.9 Å². The minimum Gasteiger partial charge on any atom is -0.469 e. The third-order valence-electron chi connectivity index (χ3n) is 8.06. The minimum atomic E-state index is -3.77. The van der Waals surface area contributed by atoms with Crippen molar-refractivity contribution in [1.29, 1.82) is 0 Å². The first kappa shape index (κ1) is 30.0. The lowest BCUT2D eigenvalue weighted by Gasteiger charge is -2.41. The quantitative estimate of drug-likeness (QED) is 0.346. The zero-order valence-corrected chi connectivity index (χ0v) is 24.4. The second-order valence-electron chi connectivity index (χ2n) is 11.1. The second-order valence-corrected chi connectivity index (χ2v) is 12.8. The zero-order valence-electron chi connectivity index (χ0n) is 23.6. The average molecular weight is 572 g/mol. The van der Waals surface area contributed by atoms with Gasteiger partial charge in [0.1, 0.15) is 0 Å². The van der Waals surface area contributed by atoms with Crippen LogP contribution in [0.25, 0.3) is 11.1 Å². The third kappa shape index (κ3) is 7.21. The number of morpholine rings is 1. The van der Waals surface area contributed by atoms with E-state index in [4.69, 9.17) is 10.5 Å². The van der Waals surface area contributed by atoms with Crippen molar-refractivity contribution < 1.29 is 27.5 Å². The first-order valence-electron chi connectivity index (χ1n) is 14.0. The van der Waals surface area contributed by atoms with E-state index in [0.29, 0.717) is 69.9 Å². The van der Waals surface area contributed by atoms with Gasteiger partial charge in [0.15, 0.2) is 0 Å². The number of sulfonamides is 1. The van der Waals surface area contributed by atoms with E-state index in [1.807, 2.05) is 29.2 Å². The van der Waals surface area contributed by atoms with E-state index in [1.165, 1.54) is 13.2 Å². The molecule has 3 N–H and O–H groups in total. The summed E-state index contributed by atoms with van der Waals surface area (Å²) < 4.78 is 39.5. The maximum atomic E-state index is 13.3. The summed E-state index contributed by atoms with van der Waals surface area (Å²) in [6.45, 7) is 5.97. The Morgan fingerprint density at radius 1 is 1.10 bits per heavy atom. The van der Waals surface area contributed by atoms with Gasteiger partial charge in [0.25, 0.3) is 0 Å². The SMILES string of the molecule is COC(=O)CCc1ccc(-c2ccc(S(=O)(=O)N[C@H]3CC[C@H](C(=O)N4CCOC[C@@H]4C(C)C)CC3)cc2N)cc1. The van der Waals surface area contributed by atoms with Crippen LogP contribution in [0, 0.1) is 11.8 Å². The van der Waals surface area contributed by atoms with Gasteiger partial charge in [-0.2, -0.15) is 0 Å². The van der Waals surface area contributed by atoms with Crippen molar-refractivity contribution in [2.75, 3.05) is 32.6 Å². The summed E-state index contributed by atoms with van der Waals surface area (Å²) in [5.41, 5.74) is 9.25. The van der Waals surface area contributed by atoms with Crippen molar-refractivity contribution in [3.05, 3.63) is 48.0 Å². The van der Waals surface area contributed by atoms with Gasteiger partial charge in [0, 0.05) is 36.2 Å². The largest absolute Gasteiger partial charge is 0.469 e. The highest BCUT2D eigenvalue weighted by atomic mass is 32.2. The Morgan fingerprint density at radius 2 is 1.80 bits per heavy atom. The molecule has 0 aromatic heterocycles. The van der Waals surface area contributed by atoms with Crippen LogP contribution in [0.3, 0.4) is 0 Å². The third-order valence-corrected chi connectivity index (χ3v) is 9.58. The first-order chi connectivity index (χ1) is 19.1. The molecule has 2 fully saturated rings. The molecule has 0 bridgehead atoms. The summed E-state index contributed by atoms with van der Waals surface area (Å²) >= 11 is 0. The second kappa shape index (κ2) is 13.1. The van der Waals surface area contributed by atoms with Crippen LogP contribution in [0.1, 0.15) is 51.5 Å². The number of amides is 1. The number of nitrogens with one attached hydrogen (secondary N) is 1. The number of methoxy groups -OCH3 is 1. The number of nitrogen functional groups attached to an aromatic ring is 1. The number of rotatable bonds is 9. The number of nitrogens with zero attached hydrogens (tertiary/aromatic N) is 1. The smallest absolute Gasteiger partial charge is 0.305 e. The molecule has 1 saturated carbocycles. The highest BCUT2D eigenvalue weighted by molar-refractivity contribution is 7.89. The number of carbonyl (C=O) groups is 2. The Kier molecular flexibility index (Phi) is 9.86.